The molecule has 0 saturated carbocycles. The highest BCUT2D eigenvalue weighted by Gasteiger charge is 2.27. The Kier molecular flexibility index (Phi) is 6.48. The van der Waals surface area contributed by atoms with Gasteiger partial charge in [-0.15, -0.1) is 12.4 Å². The molecule has 0 aliphatic carbocycles. The molecule has 1 atom stereocenters. The van der Waals surface area contributed by atoms with Crippen LogP contribution in [-0.2, 0) is 0 Å². The summed E-state index contributed by atoms with van der Waals surface area (Å²) in [7, 11) is 6.11. The van der Waals surface area contributed by atoms with Gasteiger partial charge in [-0.3, -0.25) is 0 Å². The van der Waals surface area contributed by atoms with Crippen LogP contribution in [0.15, 0.2) is 18.2 Å². The summed E-state index contributed by atoms with van der Waals surface area (Å²) in [4.78, 5) is 2.13. The lowest BCUT2D eigenvalue weighted by atomic mass is 9.81. The summed E-state index contributed by atoms with van der Waals surface area (Å²) in [5.41, 5.74) is 2.60. The molecule has 0 bridgehead atoms. The van der Waals surface area contributed by atoms with Crippen LogP contribution in [0.5, 0.6) is 0 Å². The lowest BCUT2D eigenvalue weighted by Crippen LogP contribution is -2.31. The van der Waals surface area contributed by atoms with E-state index in [1.807, 2.05) is 13.1 Å². The molecule has 0 amide bonds. The molecule has 1 rings (SSSR count). The number of benzene rings is 1. The van der Waals surface area contributed by atoms with E-state index >= 15 is 0 Å². The van der Waals surface area contributed by atoms with Crippen molar-refractivity contribution in [1.29, 1.82) is 0 Å². The average Bonchev–Trinajstić information content (AvgIpc) is 2.15. The first-order valence-corrected chi connectivity index (χ1v) is 6.29. The predicted molar refractivity (Wildman–Crippen MR) is 84.3 cm³/mol. The van der Waals surface area contributed by atoms with E-state index in [9.17, 15) is 0 Å². The molecule has 4 heteroatoms. The van der Waals surface area contributed by atoms with Crippen LogP contribution in [0.25, 0.3) is 0 Å². The molecule has 1 aromatic carbocycles. The van der Waals surface area contributed by atoms with E-state index in [0.717, 1.165) is 5.02 Å². The van der Waals surface area contributed by atoms with E-state index in [-0.39, 0.29) is 23.9 Å². The van der Waals surface area contributed by atoms with Crippen molar-refractivity contribution < 1.29 is 0 Å². The van der Waals surface area contributed by atoms with Crippen LogP contribution in [0.3, 0.4) is 0 Å². The third-order valence-corrected chi connectivity index (χ3v) is 3.17. The van der Waals surface area contributed by atoms with Crippen LogP contribution >= 0.6 is 24.0 Å². The number of nitrogens with zero attached hydrogens (tertiary/aromatic N) is 1. The highest BCUT2D eigenvalue weighted by Crippen LogP contribution is 2.38. The van der Waals surface area contributed by atoms with Gasteiger partial charge in [0.1, 0.15) is 0 Å². The van der Waals surface area contributed by atoms with E-state index < -0.39 is 0 Å². The number of nitrogens with one attached hydrogen (secondary N) is 1. The topological polar surface area (TPSA) is 15.3 Å². The Balaban J connectivity index is 0.00000289. The Labute approximate surface area is 122 Å². The second-order valence-corrected chi connectivity index (χ2v) is 6.12. The minimum atomic E-state index is 0. The Bertz CT molecular complexity index is 384. The molecular weight excluding hydrogens is 267 g/mol. The fourth-order valence-corrected chi connectivity index (χ4v) is 2.40. The smallest absolute Gasteiger partial charge is 0.0410 e. The van der Waals surface area contributed by atoms with Crippen molar-refractivity contribution in [3.05, 3.63) is 28.8 Å². The van der Waals surface area contributed by atoms with E-state index in [0.29, 0.717) is 0 Å². The lowest BCUT2D eigenvalue weighted by Gasteiger charge is -2.33. The summed E-state index contributed by atoms with van der Waals surface area (Å²) in [6.45, 7) is 6.69. The maximum absolute atomic E-state index is 6.13. The van der Waals surface area contributed by atoms with Crippen LogP contribution < -0.4 is 10.2 Å². The molecule has 0 aliphatic heterocycles. The SMILES string of the molecule is CN[C@H](c1cc(Cl)ccc1N(C)C)C(C)(C)C.Cl. The molecular formula is C14H24Cl2N2. The molecule has 0 fully saturated rings. The van der Waals surface area contributed by atoms with Gasteiger partial charge in [-0.05, 0) is 36.2 Å². The number of halogens is 2. The average molecular weight is 291 g/mol. The van der Waals surface area contributed by atoms with Crippen molar-refractivity contribution in [1.82, 2.24) is 5.32 Å². The molecule has 0 unspecified atom stereocenters. The molecule has 2 nitrogen and oxygen atoms in total. The van der Waals surface area contributed by atoms with Crippen LogP contribution in [0.2, 0.25) is 5.02 Å². The van der Waals surface area contributed by atoms with Gasteiger partial charge >= 0.3 is 0 Å². The normalized spacial score (nSPS) is 12.8. The number of rotatable bonds is 3. The van der Waals surface area contributed by atoms with Gasteiger partial charge in [-0.25, -0.2) is 0 Å². The zero-order chi connectivity index (χ0) is 13.2. The molecule has 0 aromatic heterocycles. The molecule has 0 radical (unpaired) electrons. The second kappa shape index (κ2) is 6.65. The van der Waals surface area contributed by atoms with E-state index in [1.54, 1.807) is 0 Å². The zero-order valence-electron chi connectivity index (χ0n) is 12.0. The Morgan fingerprint density at radius 1 is 1.22 bits per heavy atom. The van der Waals surface area contributed by atoms with Gasteiger partial charge < -0.3 is 10.2 Å². The van der Waals surface area contributed by atoms with Crippen LogP contribution in [0.1, 0.15) is 32.4 Å². The first-order chi connectivity index (χ1) is 7.77. The molecule has 18 heavy (non-hydrogen) atoms. The molecule has 1 N–H and O–H groups in total. The van der Waals surface area contributed by atoms with Gasteiger partial charge in [-0.2, -0.15) is 0 Å². The van der Waals surface area contributed by atoms with Crippen LogP contribution in [0.4, 0.5) is 5.69 Å². The summed E-state index contributed by atoms with van der Waals surface area (Å²) in [5.74, 6) is 0. The van der Waals surface area contributed by atoms with Crippen molar-refractivity contribution in [2.45, 2.75) is 26.8 Å². The maximum Gasteiger partial charge on any atom is 0.0410 e. The van der Waals surface area contributed by atoms with Crippen molar-refractivity contribution in [3.8, 4) is 0 Å². The van der Waals surface area contributed by atoms with Crippen molar-refractivity contribution in [2.24, 2.45) is 5.41 Å². The van der Waals surface area contributed by atoms with Gasteiger partial charge in [0.15, 0.2) is 0 Å². The van der Waals surface area contributed by atoms with E-state index in [4.69, 9.17) is 11.6 Å². The maximum atomic E-state index is 6.13. The number of hydrogen-bond acceptors (Lipinski definition) is 2. The van der Waals surface area contributed by atoms with Crippen molar-refractivity contribution >= 4 is 29.7 Å². The third kappa shape index (κ3) is 4.04. The minimum absolute atomic E-state index is 0. The molecule has 0 saturated heterocycles. The second-order valence-electron chi connectivity index (χ2n) is 5.69. The lowest BCUT2D eigenvalue weighted by molar-refractivity contribution is 0.287. The Hall–Kier alpha value is -0.440. The van der Waals surface area contributed by atoms with Crippen molar-refractivity contribution in [2.75, 3.05) is 26.0 Å². The summed E-state index contributed by atoms with van der Waals surface area (Å²) < 4.78 is 0. The van der Waals surface area contributed by atoms with E-state index in [1.165, 1.54) is 11.3 Å². The molecule has 0 heterocycles. The summed E-state index contributed by atoms with van der Waals surface area (Å²) in [6, 6.07) is 6.35. The Morgan fingerprint density at radius 3 is 2.17 bits per heavy atom. The van der Waals surface area contributed by atoms with Crippen LogP contribution in [0, 0.1) is 5.41 Å². The van der Waals surface area contributed by atoms with Gasteiger partial charge in [0, 0.05) is 30.8 Å². The van der Waals surface area contributed by atoms with Gasteiger partial charge in [0.2, 0.25) is 0 Å². The first-order valence-electron chi connectivity index (χ1n) is 5.91. The highest BCUT2D eigenvalue weighted by molar-refractivity contribution is 6.30. The predicted octanol–water partition coefficient (Wildman–Crippen LogP) is 4.13. The highest BCUT2D eigenvalue weighted by atomic mass is 35.5. The van der Waals surface area contributed by atoms with Gasteiger partial charge in [0.25, 0.3) is 0 Å². The monoisotopic (exact) mass is 290 g/mol. The molecule has 0 spiro atoms. The quantitative estimate of drug-likeness (QED) is 0.900. The number of hydrogen-bond donors (Lipinski definition) is 1. The standard InChI is InChI=1S/C14H23ClN2.ClH/c1-14(2,3)13(16-4)11-9-10(15)7-8-12(11)17(5)6;/h7-9,13,16H,1-6H3;1H/t13-;/m1./s1. The summed E-state index contributed by atoms with van der Waals surface area (Å²) in [6.07, 6.45) is 0. The molecule has 104 valence electrons. The fourth-order valence-electron chi connectivity index (χ4n) is 2.22. The van der Waals surface area contributed by atoms with E-state index in [2.05, 4.69) is 57.2 Å². The number of anilines is 1. The molecule has 0 aliphatic rings. The molecule has 1 aromatic rings. The van der Waals surface area contributed by atoms with Crippen molar-refractivity contribution in [3.63, 3.8) is 0 Å². The Morgan fingerprint density at radius 2 is 1.78 bits per heavy atom. The van der Waals surface area contributed by atoms with Gasteiger partial charge in [0.05, 0.1) is 0 Å². The summed E-state index contributed by atoms with van der Waals surface area (Å²) >= 11 is 6.13. The zero-order valence-corrected chi connectivity index (χ0v) is 13.6. The third-order valence-electron chi connectivity index (χ3n) is 2.94. The largest absolute Gasteiger partial charge is 0.377 e. The summed E-state index contributed by atoms with van der Waals surface area (Å²) in [5, 5.41) is 4.18. The minimum Gasteiger partial charge on any atom is -0.377 e. The van der Waals surface area contributed by atoms with Gasteiger partial charge in [-0.1, -0.05) is 32.4 Å². The first kappa shape index (κ1) is 17.6. The fraction of sp³-hybridized carbons (Fsp3) is 0.571. The van der Waals surface area contributed by atoms with Crippen LogP contribution in [-0.4, -0.2) is 21.1 Å².